The Hall–Kier alpha value is -2.64. The number of carbonyl (C=O) groups excluding carboxylic acids is 2. The summed E-state index contributed by atoms with van der Waals surface area (Å²) in [7, 11) is 3.82. The summed E-state index contributed by atoms with van der Waals surface area (Å²) in [6.07, 6.45) is -0.309. The summed E-state index contributed by atoms with van der Waals surface area (Å²) < 4.78 is 45.5. The van der Waals surface area contributed by atoms with Gasteiger partial charge in [-0.05, 0) is 64.0 Å². The highest BCUT2D eigenvalue weighted by Gasteiger charge is 2.43. The molecule has 33 heavy (non-hydrogen) atoms. The monoisotopic (exact) mass is 456 g/mol. The summed E-state index contributed by atoms with van der Waals surface area (Å²) in [5.74, 6) is -2.25. The molecular weight excluding hydrogens is 414 g/mol. The molecule has 2 unspecified atom stereocenters. The predicted octanol–water partition coefficient (Wildman–Crippen LogP) is 3.19. The van der Waals surface area contributed by atoms with Crippen LogP contribution < -0.4 is 5.32 Å². The van der Waals surface area contributed by atoms with Crippen LogP contribution in [0, 0.1) is 5.92 Å². The van der Waals surface area contributed by atoms with Gasteiger partial charge in [0.15, 0.2) is 0 Å². The molecular formula is C26H37N5O2. The summed E-state index contributed by atoms with van der Waals surface area (Å²) >= 11 is 0. The number of imide groups is 1. The number of hydrogen-bond acceptors (Lipinski definition) is 4. The van der Waals surface area contributed by atoms with Gasteiger partial charge in [0, 0.05) is 60.6 Å². The molecule has 1 aromatic heterocycles. The minimum absolute atomic E-state index is 0.00229. The molecule has 4 rings (SSSR count). The van der Waals surface area contributed by atoms with E-state index in [4.69, 9.17) is 5.48 Å². The van der Waals surface area contributed by atoms with Crippen LogP contribution in [0.25, 0.3) is 10.9 Å². The van der Waals surface area contributed by atoms with Gasteiger partial charge in [-0.15, -0.1) is 6.58 Å². The number of fused-ring (bicyclic) bond motifs is 2. The summed E-state index contributed by atoms with van der Waals surface area (Å²) in [6, 6.07) is 2.90. The zero-order chi connectivity index (χ0) is 28.0. The number of benzene rings is 1. The molecule has 0 spiro atoms. The van der Waals surface area contributed by atoms with Crippen LogP contribution in [0.1, 0.15) is 43.7 Å². The Kier molecular flexibility index (Phi) is 5.44. The van der Waals surface area contributed by atoms with Gasteiger partial charge < -0.3 is 15.2 Å². The molecule has 1 saturated heterocycles. The number of urea groups is 1. The summed E-state index contributed by atoms with van der Waals surface area (Å²) in [5.41, 5.74) is 1.38. The van der Waals surface area contributed by atoms with E-state index in [2.05, 4.69) is 16.9 Å². The largest absolute Gasteiger partial charge is 0.361 e. The lowest BCUT2D eigenvalue weighted by Gasteiger charge is -2.47. The number of amides is 3. The Morgan fingerprint density at radius 1 is 1.42 bits per heavy atom. The predicted molar refractivity (Wildman–Crippen MR) is 132 cm³/mol. The maximum atomic E-state index is 14.0. The van der Waals surface area contributed by atoms with Crippen LogP contribution in [0.2, 0.25) is 0 Å². The molecule has 2 N–H and O–H groups in total. The number of hydrogen-bond donors (Lipinski definition) is 2. The van der Waals surface area contributed by atoms with E-state index in [1.54, 1.807) is 19.1 Å². The van der Waals surface area contributed by atoms with Crippen LogP contribution >= 0.6 is 0 Å². The zero-order valence-corrected chi connectivity index (χ0v) is 19.6. The van der Waals surface area contributed by atoms with E-state index in [1.165, 1.54) is 15.9 Å². The third-order valence-corrected chi connectivity index (χ3v) is 6.26. The highest BCUT2D eigenvalue weighted by Crippen LogP contribution is 2.45. The lowest BCUT2D eigenvalue weighted by molar-refractivity contribution is -0.135. The molecule has 2 aromatic rings. The van der Waals surface area contributed by atoms with Crippen molar-refractivity contribution in [1.29, 1.82) is 0 Å². The van der Waals surface area contributed by atoms with Crippen molar-refractivity contribution < 1.29 is 16.4 Å². The molecule has 1 aliphatic carbocycles. The van der Waals surface area contributed by atoms with Crippen molar-refractivity contribution in [2.75, 3.05) is 46.8 Å². The molecule has 3 amide bonds. The van der Waals surface area contributed by atoms with Gasteiger partial charge in [0.2, 0.25) is 5.91 Å². The van der Waals surface area contributed by atoms with E-state index < -0.39 is 42.7 Å². The number of nitrogens with one attached hydrogen (secondary N) is 2. The number of carbonyl (C=O) groups is 2. The van der Waals surface area contributed by atoms with Crippen LogP contribution in [0.3, 0.4) is 0 Å². The third kappa shape index (κ3) is 4.70. The van der Waals surface area contributed by atoms with Gasteiger partial charge in [0.1, 0.15) is 0 Å². The molecule has 7 heteroatoms. The van der Waals surface area contributed by atoms with Crippen molar-refractivity contribution in [2.24, 2.45) is 5.92 Å². The van der Waals surface area contributed by atoms with Crippen molar-refractivity contribution in [3.63, 3.8) is 0 Å². The van der Waals surface area contributed by atoms with Crippen LogP contribution in [0.5, 0.6) is 0 Å². The number of aromatic amines is 1. The Morgan fingerprint density at radius 3 is 2.97 bits per heavy atom. The first-order valence-electron chi connectivity index (χ1n) is 14.1. The molecule has 4 atom stereocenters. The van der Waals surface area contributed by atoms with E-state index in [9.17, 15) is 11.0 Å². The molecule has 2 heterocycles. The fourth-order valence-electron chi connectivity index (χ4n) is 4.78. The molecule has 1 fully saturated rings. The first kappa shape index (κ1) is 17.8. The van der Waals surface area contributed by atoms with E-state index in [0.717, 1.165) is 0 Å². The number of aromatic nitrogens is 1. The molecule has 178 valence electrons. The van der Waals surface area contributed by atoms with E-state index >= 15 is 0 Å². The molecule has 0 radical (unpaired) electrons. The Balaban J connectivity index is 1.81. The highest BCUT2D eigenvalue weighted by molar-refractivity contribution is 5.96. The standard InChI is InChI=1S/C26H37N5O2/c1-5-11-30-17-19(25(32)31(26(33)27-6-2)13-8-12-29(3)4)14-21-20-9-7-10-22-24(20)18(16-28-22)15-23(21)30/h5,7,9-10,16,19,21,23,28H,1,6,8,11-15,17H2,2-4H3,(H,27,33)/t19-,21?,23-/m1/s1/i15D2,16D,17D,23D/t17?,19-,21?,23-. The number of nitrogens with zero attached hydrogens (tertiary/aromatic N) is 3. The normalized spacial score (nSPS) is 30.4. The maximum Gasteiger partial charge on any atom is 0.324 e. The fraction of sp³-hybridized carbons (Fsp3) is 0.538. The Labute approximate surface area is 203 Å². The van der Waals surface area contributed by atoms with Crippen molar-refractivity contribution in [3.8, 4) is 0 Å². The average molecular weight is 457 g/mol. The Morgan fingerprint density at radius 2 is 2.24 bits per heavy atom. The van der Waals surface area contributed by atoms with Gasteiger partial charge in [-0.1, -0.05) is 18.2 Å². The average Bonchev–Trinajstić information content (AvgIpc) is 3.20. The van der Waals surface area contributed by atoms with Crippen molar-refractivity contribution in [1.82, 2.24) is 25.0 Å². The first-order chi connectivity index (χ1) is 17.9. The second kappa shape index (κ2) is 10.1. The molecule has 1 aliphatic heterocycles. The smallest absolute Gasteiger partial charge is 0.324 e. The number of rotatable bonds is 8. The van der Waals surface area contributed by atoms with Crippen molar-refractivity contribution >= 4 is 22.8 Å². The molecule has 7 nitrogen and oxygen atoms in total. The zero-order valence-electron chi connectivity index (χ0n) is 24.6. The molecule has 0 bridgehead atoms. The molecule has 0 saturated carbocycles. The molecule has 2 aliphatic rings. The minimum atomic E-state index is -2.32. The number of piperidine rings is 1. The van der Waals surface area contributed by atoms with Gasteiger partial charge in [0.05, 0.1) is 7.29 Å². The summed E-state index contributed by atoms with van der Waals surface area (Å²) in [6.45, 7) is 5.47. The quantitative estimate of drug-likeness (QED) is 0.599. The van der Waals surface area contributed by atoms with E-state index in [1.807, 2.05) is 25.1 Å². The molecule has 1 aromatic carbocycles. The van der Waals surface area contributed by atoms with Crippen molar-refractivity contribution in [2.45, 2.75) is 38.1 Å². The van der Waals surface area contributed by atoms with Gasteiger partial charge in [-0.2, -0.15) is 0 Å². The first-order valence-corrected chi connectivity index (χ1v) is 11.6. The van der Waals surface area contributed by atoms with Crippen LogP contribution in [-0.2, 0) is 11.2 Å². The van der Waals surface area contributed by atoms with Crippen molar-refractivity contribution in [3.05, 3.63) is 48.2 Å². The lowest BCUT2D eigenvalue weighted by atomic mass is 9.72. The lowest BCUT2D eigenvalue weighted by Crippen LogP contribution is -2.55. The van der Waals surface area contributed by atoms with E-state index in [0.29, 0.717) is 36.0 Å². The summed E-state index contributed by atoms with van der Waals surface area (Å²) in [4.78, 5) is 34.4. The Bertz CT molecular complexity index is 1230. The topological polar surface area (TPSA) is 71.7 Å². The van der Waals surface area contributed by atoms with Crippen LogP contribution in [-0.4, -0.2) is 84.4 Å². The number of H-pyrrole nitrogens is 1. The van der Waals surface area contributed by atoms with E-state index in [-0.39, 0.29) is 31.2 Å². The number of likely N-dealkylation sites (tertiary alicyclic amines) is 1. The third-order valence-electron chi connectivity index (χ3n) is 6.26. The van der Waals surface area contributed by atoms with Gasteiger partial charge in [-0.3, -0.25) is 14.6 Å². The minimum Gasteiger partial charge on any atom is -0.361 e. The maximum absolute atomic E-state index is 14.0. The fourth-order valence-corrected chi connectivity index (χ4v) is 4.78. The second-order valence-electron chi connectivity index (χ2n) is 8.87. The summed E-state index contributed by atoms with van der Waals surface area (Å²) in [5, 5.41) is 3.27. The van der Waals surface area contributed by atoms with Gasteiger partial charge in [0.25, 0.3) is 0 Å². The SMILES string of the molecule is [2H]c1[nH]c2cccc3c2c1C([2H])([2H])[C@]1([2H])C3C[C@@H](C(=O)N(CCCN(C)C)C(=O)NCC)C([2H])N1CC=C. The van der Waals surface area contributed by atoms with Gasteiger partial charge >= 0.3 is 6.03 Å². The highest BCUT2D eigenvalue weighted by atomic mass is 16.2. The second-order valence-corrected chi connectivity index (χ2v) is 8.87. The van der Waals surface area contributed by atoms with Crippen LogP contribution in [0.15, 0.2) is 37.0 Å². The van der Waals surface area contributed by atoms with Gasteiger partial charge in [-0.25, -0.2) is 4.79 Å². The van der Waals surface area contributed by atoms with Crippen LogP contribution in [0.4, 0.5) is 4.79 Å².